The van der Waals surface area contributed by atoms with Crippen LogP contribution in [-0.2, 0) is 4.79 Å². The lowest BCUT2D eigenvalue weighted by atomic mass is 9.87. The number of hydrogen-bond donors (Lipinski definition) is 2. The zero-order valence-electron chi connectivity index (χ0n) is 14.7. The van der Waals surface area contributed by atoms with E-state index in [-0.39, 0.29) is 30.4 Å². The summed E-state index contributed by atoms with van der Waals surface area (Å²) in [5.41, 5.74) is 1.22. The van der Waals surface area contributed by atoms with E-state index < -0.39 is 0 Å². The number of piperidine rings is 1. The molecule has 8 nitrogen and oxygen atoms in total. The third-order valence-electron chi connectivity index (χ3n) is 5.84. The van der Waals surface area contributed by atoms with Crippen molar-refractivity contribution in [2.24, 2.45) is 0 Å². The average Bonchev–Trinajstić information content (AvgIpc) is 3.02. The van der Waals surface area contributed by atoms with Gasteiger partial charge in [0.05, 0.1) is 17.8 Å². The van der Waals surface area contributed by atoms with Crippen LogP contribution < -0.4 is 10.6 Å². The van der Waals surface area contributed by atoms with E-state index in [9.17, 15) is 9.59 Å². The normalized spacial score (nSPS) is 27.7. The van der Waals surface area contributed by atoms with Crippen LogP contribution >= 0.6 is 0 Å². The summed E-state index contributed by atoms with van der Waals surface area (Å²) in [6.07, 6.45) is 6.08. The summed E-state index contributed by atoms with van der Waals surface area (Å²) in [4.78, 5) is 26.9. The van der Waals surface area contributed by atoms with Gasteiger partial charge in [-0.05, 0) is 45.7 Å². The number of aromatic nitrogens is 3. The fourth-order valence-electron chi connectivity index (χ4n) is 4.47. The molecule has 25 heavy (non-hydrogen) atoms. The van der Waals surface area contributed by atoms with Crippen molar-refractivity contribution in [1.82, 2.24) is 30.5 Å². The lowest BCUT2D eigenvalue weighted by Gasteiger charge is -2.43. The van der Waals surface area contributed by atoms with Gasteiger partial charge < -0.3 is 15.5 Å². The van der Waals surface area contributed by atoms with Crippen LogP contribution in [0.15, 0.2) is 0 Å². The smallest absolute Gasteiger partial charge is 0.277 e. The van der Waals surface area contributed by atoms with Crippen molar-refractivity contribution in [1.29, 1.82) is 0 Å². The van der Waals surface area contributed by atoms with Gasteiger partial charge in [-0.2, -0.15) is 0 Å². The number of carbonyl (C=O) groups is 2. The van der Waals surface area contributed by atoms with E-state index in [2.05, 4.69) is 20.9 Å². The summed E-state index contributed by atoms with van der Waals surface area (Å²) in [6.45, 7) is 3.96. The second-order valence-electron chi connectivity index (χ2n) is 7.41. The SMILES string of the molecule is Cc1c(C(=O)N2CC(=O)N[C@H]3CCCC[C@@H]32)nnn1C1CCNCC1. The van der Waals surface area contributed by atoms with Crippen molar-refractivity contribution in [3.8, 4) is 0 Å². The first kappa shape index (κ1) is 16.5. The Hall–Kier alpha value is -1.96. The van der Waals surface area contributed by atoms with Crippen molar-refractivity contribution in [2.45, 2.75) is 63.6 Å². The third-order valence-corrected chi connectivity index (χ3v) is 5.84. The molecular weight excluding hydrogens is 320 g/mol. The quantitative estimate of drug-likeness (QED) is 0.808. The van der Waals surface area contributed by atoms with Crippen LogP contribution in [0.1, 0.15) is 60.7 Å². The molecule has 1 aromatic heterocycles. The fourth-order valence-corrected chi connectivity index (χ4v) is 4.47. The Kier molecular flexibility index (Phi) is 4.45. The molecule has 0 spiro atoms. The molecule has 3 fully saturated rings. The summed E-state index contributed by atoms with van der Waals surface area (Å²) in [6, 6.07) is 0.462. The zero-order valence-corrected chi connectivity index (χ0v) is 14.7. The Morgan fingerprint density at radius 3 is 2.72 bits per heavy atom. The van der Waals surface area contributed by atoms with Crippen molar-refractivity contribution in [3.05, 3.63) is 11.4 Å². The molecule has 0 bridgehead atoms. The Balaban J connectivity index is 1.57. The van der Waals surface area contributed by atoms with Gasteiger partial charge in [0, 0.05) is 6.04 Å². The fraction of sp³-hybridized carbons (Fsp3) is 0.765. The van der Waals surface area contributed by atoms with Crippen molar-refractivity contribution >= 4 is 11.8 Å². The molecule has 0 radical (unpaired) electrons. The number of fused-ring (bicyclic) bond motifs is 1. The molecule has 1 saturated carbocycles. The largest absolute Gasteiger partial charge is 0.350 e. The van der Waals surface area contributed by atoms with E-state index in [1.165, 1.54) is 0 Å². The van der Waals surface area contributed by atoms with E-state index in [1.807, 2.05) is 11.6 Å². The molecule has 8 heteroatoms. The van der Waals surface area contributed by atoms with Gasteiger partial charge in [0.1, 0.15) is 6.54 Å². The van der Waals surface area contributed by atoms with E-state index in [1.54, 1.807) is 4.90 Å². The highest BCUT2D eigenvalue weighted by Crippen LogP contribution is 2.28. The molecule has 2 N–H and O–H groups in total. The molecule has 1 aromatic rings. The van der Waals surface area contributed by atoms with Crippen LogP contribution in [0.5, 0.6) is 0 Å². The van der Waals surface area contributed by atoms with E-state index >= 15 is 0 Å². The molecule has 4 rings (SSSR count). The first-order valence-corrected chi connectivity index (χ1v) is 9.38. The maximum Gasteiger partial charge on any atom is 0.277 e. The minimum Gasteiger partial charge on any atom is -0.350 e. The van der Waals surface area contributed by atoms with E-state index in [0.717, 1.165) is 57.3 Å². The van der Waals surface area contributed by atoms with Gasteiger partial charge in [0.15, 0.2) is 5.69 Å². The van der Waals surface area contributed by atoms with Crippen LogP contribution in [0, 0.1) is 6.92 Å². The average molecular weight is 346 g/mol. The highest BCUT2D eigenvalue weighted by Gasteiger charge is 2.40. The van der Waals surface area contributed by atoms with Crippen molar-refractivity contribution in [3.63, 3.8) is 0 Å². The van der Waals surface area contributed by atoms with Crippen LogP contribution in [-0.4, -0.2) is 63.4 Å². The Labute approximate surface area is 147 Å². The van der Waals surface area contributed by atoms with Gasteiger partial charge in [0.2, 0.25) is 5.91 Å². The summed E-state index contributed by atoms with van der Waals surface area (Å²) in [5.74, 6) is -0.218. The van der Waals surface area contributed by atoms with E-state index in [4.69, 9.17) is 0 Å². The number of piperazine rings is 1. The predicted molar refractivity (Wildman–Crippen MR) is 91.1 cm³/mol. The number of nitrogens with one attached hydrogen (secondary N) is 2. The molecule has 136 valence electrons. The van der Waals surface area contributed by atoms with Crippen molar-refractivity contribution in [2.75, 3.05) is 19.6 Å². The van der Waals surface area contributed by atoms with Gasteiger partial charge in [0.25, 0.3) is 5.91 Å². The van der Waals surface area contributed by atoms with Crippen molar-refractivity contribution < 1.29 is 9.59 Å². The first-order chi connectivity index (χ1) is 12.1. The standard InChI is InChI=1S/C17H26N6O2/c1-11-16(20-21-23(11)12-6-8-18-9-7-12)17(25)22-10-15(24)19-13-4-2-3-5-14(13)22/h12-14,18H,2-10H2,1H3,(H,19,24)/t13-,14-/m0/s1. The monoisotopic (exact) mass is 346 g/mol. The maximum atomic E-state index is 13.1. The number of amides is 2. The van der Waals surface area contributed by atoms with Gasteiger partial charge in [-0.1, -0.05) is 18.1 Å². The first-order valence-electron chi connectivity index (χ1n) is 9.38. The number of carbonyl (C=O) groups excluding carboxylic acids is 2. The van der Waals surface area contributed by atoms with Gasteiger partial charge in [-0.25, -0.2) is 4.68 Å². The molecule has 2 saturated heterocycles. The minimum absolute atomic E-state index is 0.0695. The molecule has 3 aliphatic rings. The molecule has 1 aliphatic carbocycles. The molecular formula is C17H26N6O2. The number of nitrogens with zero attached hydrogens (tertiary/aromatic N) is 4. The van der Waals surface area contributed by atoms with Crippen LogP contribution in [0.4, 0.5) is 0 Å². The van der Waals surface area contributed by atoms with Gasteiger partial charge in [-0.15, -0.1) is 5.10 Å². The zero-order chi connectivity index (χ0) is 17.4. The van der Waals surface area contributed by atoms with Crippen LogP contribution in [0.3, 0.4) is 0 Å². The Bertz CT molecular complexity index is 666. The third kappa shape index (κ3) is 3.03. The van der Waals surface area contributed by atoms with Crippen LogP contribution in [0.25, 0.3) is 0 Å². The second kappa shape index (κ2) is 6.74. The Morgan fingerprint density at radius 1 is 1.16 bits per heavy atom. The molecule has 2 aliphatic heterocycles. The highest BCUT2D eigenvalue weighted by molar-refractivity contribution is 5.96. The number of hydrogen-bond acceptors (Lipinski definition) is 5. The highest BCUT2D eigenvalue weighted by atomic mass is 16.2. The molecule has 0 aromatic carbocycles. The van der Waals surface area contributed by atoms with Gasteiger partial charge >= 0.3 is 0 Å². The molecule has 2 atom stereocenters. The lowest BCUT2D eigenvalue weighted by Crippen LogP contribution is -2.63. The van der Waals surface area contributed by atoms with Gasteiger partial charge in [-0.3, -0.25) is 9.59 Å². The summed E-state index contributed by atoms with van der Waals surface area (Å²) < 4.78 is 1.90. The molecule has 0 unspecified atom stereocenters. The molecule has 3 heterocycles. The predicted octanol–water partition coefficient (Wildman–Crippen LogP) is 0.394. The Morgan fingerprint density at radius 2 is 1.92 bits per heavy atom. The van der Waals surface area contributed by atoms with E-state index in [0.29, 0.717) is 11.7 Å². The number of rotatable bonds is 2. The lowest BCUT2D eigenvalue weighted by molar-refractivity contribution is -0.127. The summed E-state index contributed by atoms with van der Waals surface area (Å²) in [7, 11) is 0. The maximum absolute atomic E-state index is 13.1. The topological polar surface area (TPSA) is 92.2 Å². The minimum atomic E-state index is -0.149. The molecule has 2 amide bonds. The second-order valence-corrected chi connectivity index (χ2v) is 7.41. The van der Waals surface area contributed by atoms with Crippen LogP contribution in [0.2, 0.25) is 0 Å². The summed E-state index contributed by atoms with van der Waals surface area (Å²) in [5, 5.41) is 14.9. The summed E-state index contributed by atoms with van der Waals surface area (Å²) >= 11 is 0.